The zero-order valence-electron chi connectivity index (χ0n) is 6.59. The van der Waals surface area contributed by atoms with Gasteiger partial charge in [-0.3, -0.25) is 0 Å². The first kappa shape index (κ1) is 8.08. The second kappa shape index (κ2) is 3.07. The summed E-state index contributed by atoms with van der Waals surface area (Å²) in [6, 6.07) is 4.88. The summed E-state index contributed by atoms with van der Waals surface area (Å²) in [5.74, 6) is 0.853. The van der Waals surface area contributed by atoms with E-state index in [1.165, 1.54) is 6.07 Å². The molecule has 1 aliphatic heterocycles. The van der Waals surface area contributed by atoms with E-state index in [0.717, 1.165) is 22.6 Å². The Balaban J connectivity index is 2.47. The minimum Gasteiger partial charge on any atom is -0.324 e. The fourth-order valence-corrected chi connectivity index (χ4v) is 2.52. The molecule has 0 radical (unpaired) electrons. The number of fused-ring (bicyclic) bond motifs is 1. The molecule has 1 aromatic rings. The summed E-state index contributed by atoms with van der Waals surface area (Å²) >= 11 is 1.75. The monoisotopic (exact) mass is 183 g/mol. The molecule has 1 aromatic carbocycles. The van der Waals surface area contributed by atoms with Crippen LogP contribution in [-0.2, 0) is 0 Å². The second-order valence-electron chi connectivity index (χ2n) is 2.93. The average molecular weight is 183 g/mol. The number of benzene rings is 1. The number of hydrogen-bond donors (Lipinski definition) is 1. The van der Waals surface area contributed by atoms with Crippen molar-refractivity contribution >= 4 is 11.8 Å². The molecular formula is C9H10FNS. The molecule has 1 aliphatic rings. The van der Waals surface area contributed by atoms with Crippen molar-refractivity contribution in [3.8, 4) is 0 Å². The van der Waals surface area contributed by atoms with Gasteiger partial charge in [-0.15, -0.1) is 11.8 Å². The van der Waals surface area contributed by atoms with Gasteiger partial charge in [0.1, 0.15) is 5.82 Å². The highest BCUT2D eigenvalue weighted by Crippen LogP contribution is 2.34. The minimum absolute atomic E-state index is 0.0250. The van der Waals surface area contributed by atoms with Crippen molar-refractivity contribution in [1.82, 2.24) is 0 Å². The summed E-state index contributed by atoms with van der Waals surface area (Å²) in [6.07, 6.45) is 0.946. The Morgan fingerprint density at radius 3 is 3.17 bits per heavy atom. The van der Waals surface area contributed by atoms with E-state index in [2.05, 4.69) is 0 Å². The van der Waals surface area contributed by atoms with E-state index in [1.54, 1.807) is 17.8 Å². The van der Waals surface area contributed by atoms with Gasteiger partial charge >= 0.3 is 0 Å². The third kappa shape index (κ3) is 1.34. The van der Waals surface area contributed by atoms with Crippen LogP contribution in [-0.4, -0.2) is 5.75 Å². The van der Waals surface area contributed by atoms with Gasteiger partial charge in [-0.2, -0.15) is 0 Å². The molecule has 1 heterocycles. The number of nitrogens with two attached hydrogens (primary N) is 1. The highest BCUT2D eigenvalue weighted by atomic mass is 32.2. The lowest BCUT2D eigenvalue weighted by Crippen LogP contribution is -2.15. The van der Waals surface area contributed by atoms with Crippen LogP contribution in [0.25, 0.3) is 0 Å². The van der Waals surface area contributed by atoms with Crippen molar-refractivity contribution in [1.29, 1.82) is 0 Å². The van der Waals surface area contributed by atoms with Gasteiger partial charge in [0.05, 0.1) is 0 Å². The van der Waals surface area contributed by atoms with E-state index in [-0.39, 0.29) is 11.9 Å². The summed E-state index contributed by atoms with van der Waals surface area (Å²) in [5.41, 5.74) is 6.80. The van der Waals surface area contributed by atoms with Crippen molar-refractivity contribution in [3.05, 3.63) is 29.6 Å². The van der Waals surface area contributed by atoms with Crippen molar-refractivity contribution in [2.75, 3.05) is 5.75 Å². The van der Waals surface area contributed by atoms with E-state index in [4.69, 9.17) is 5.73 Å². The average Bonchev–Trinajstić information content (AvgIpc) is 2.07. The van der Waals surface area contributed by atoms with Gasteiger partial charge < -0.3 is 5.73 Å². The van der Waals surface area contributed by atoms with Crippen LogP contribution in [0.15, 0.2) is 23.1 Å². The predicted octanol–water partition coefficient (Wildman–Crippen LogP) is 2.32. The Morgan fingerprint density at radius 2 is 2.33 bits per heavy atom. The van der Waals surface area contributed by atoms with Gasteiger partial charge in [-0.05, 0) is 35.9 Å². The molecule has 0 bridgehead atoms. The van der Waals surface area contributed by atoms with Gasteiger partial charge in [0.25, 0.3) is 0 Å². The Hall–Kier alpha value is -0.540. The first-order valence-electron chi connectivity index (χ1n) is 3.95. The van der Waals surface area contributed by atoms with Crippen LogP contribution >= 0.6 is 11.8 Å². The smallest absolute Gasteiger partial charge is 0.123 e. The summed E-state index contributed by atoms with van der Waals surface area (Å²) in [4.78, 5) is 1.13. The molecule has 0 unspecified atom stereocenters. The molecule has 0 fully saturated rings. The van der Waals surface area contributed by atoms with Gasteiger partial charge in [-0.1, -0.05) is 0 Å². The molecule has 12 heavy (non-hydrogen) atoms. The Labute approximate surface area is 75.1 Å². The van der Waals surface area contributed by atoms with Gasteiger partial charge in [0.15, 0.2) is 0 Å². The van der Waals surface area contributed by atoms with E-state index in [0.29, 0.717) is 0 Å². The number of hydrogen-bond acceptors (Lipinski definition) is 2. The van der Waals surface area contributed by atoms with E-state index in [9.17, 15) is 4.39 Å². The van der Waals surface area contributed by atoms with Crippen LogP contribution < -0.4 is 5.73 Å². The Bertz CT molecular complexity index is 301. The topological polar surface area (TPSA) is 26.0 Å². The van der Waals surface area contributed by atoms with Gasteiger partial charge in [0, 0.05) is 10.9 Å². The lowest BCUT2D eigenvalue weighted by Gasteiger charge is -2.21. The normalized spacial score (nSPS) is 22.0. The summed E-state index contributed by atoms with van der Waals surface area (Å²) < 4.78 is 12.8. The van der Waals surface area contributed by atoms with E-state index in [1.807, 2.05) is 6.07 Å². The predicted molar refractivity (Wildman–Crippen MR) is 48.7 cm³/mol. The van der Waals surface area contributed by atoms with Crippen LogP contribution in [0, 0.1) is 5.82 Å². The van der Waals surface area contributed by atoms with Gasteiger partial charge in [-0.25, -0.2) is 4.39 Å². The SMILES string of the molecule is N[C@@H]1CCSc2ccc(F)cc21. The zero-order valence-corrected chi connectivity index (χ0v) is 7.40. The molecule has 2 rings (SSSR count). The number of thioether (sulfide) groups is 1. The third-order valence-corrected chi connectivity index (χ3v) is 3.18. The highest BCUT2D eigenvalue weighted by Gasteiger charge is 2.17. The molecule has 3 heteroatoms. The fourth-order valence-electron chi connectivity index (χ4n) is 1.39. The van der Waals surface area contributed by atoms with Crippen molar-refractivity contribution in [2.24, 2.45) is 5.73 Å². The minimum atomic E-state index is -0.188. The number of rotatable bonds is 0. The second-order valence-corrected chi connectivity index (χ2v) is 4.06. The summed E-state index contributed by atoms with van der Waals surface area (Å²) in [7, 11) is 0. The first-order chi connectivity index (χ1) is 5.77. The highest BCUT2D eigenvalue weighted by molar-refractivity contribution is 7.99. The summed E-state index contributed by atoms with van der Waals surface area (Å²) in [6.45, 7) is 0. The number of halogens is 1. The molecule has 0 aliphatic carbocycles. The van der Waals surface area contributed by atoms with Crippen LogP contribution in [0.5, 0.6) is 0 Å². The maximum atomic E-state index is 12.8. The molecular weight excluding hydrogens is 173 g/mol. The Kier molecular flexibility index (Phi) is 2.07. The quantitative estimate of drug-likeness (QED) is 0.668. The van der Waals surface area contributed by atoms with E-state index >= 15 is 0 Å². The first-order valence-corrected chi connectivity index (χ1v) is 4.94. The van der Waals surface area contributed by atoms with Crippen molar-refractivity contribution in [3.63, 3.8) is 0 Å². The van der Waals surface area contributed by atoms with Crippen molar-refractivity contribution < 1.29 is 4.39 Å². The molecule has 0 amide bonds. The summed E-state index contributed by atoms with van der Waals surface area (Å²) in [5, 5.41) is 0. The van der Waals surface area contributed by atoms with Crippen LogP contribution in [0.3, 0.4) is 0 Å². The fraction of sp³-hybridized carbons (Fsp3) is 0.333. The van der Waals surface area contributed by atoms with Gasteiger partial charge in [0.2, 0.25) is 0 Å². The third-order valence-electron chi connectivity index (χ3n) is 2.06. The Morgan fingerprint density at radius 1 is 1.50 bits per heavy atom. The lowest BCUT2D eigenvalue weighted by atomic mass is 10.1. The zero-order chi connectivity index (χ0) is 8.55. The molecule has 0 saturated heterocycles. The molecule has 0 saturated carbocycles. The largest absolute Gasteiger partial charge is 0.324 e. The van der Waals surface area contributed by atoms with Crippen LogP contribution in [0.1, 0.15) is 18.0 Å². The molecule has 64 valence electrons. The molecule has 1 atom stereocenters. The maximum Gasteiger partial charge on any atom is 0.123 e. The molecule has 2 N–H and O–H groups in total. The standard InChI is InChI=1S/C9H10FNS/c10-6-1-2-9-7(5-6)8(11)3-4-12-9/h1-2,5,8H,3-4,11H2/t8-/m1/s1. The van der Waals surface area contributed by atoms with E-state index < -0.39 is 0 Å². The maximum absolute atomic E-state index is 12.8. The molecule has 0 aromatic heterocycles. The van der Waals surface area contributed by atoms with Crippen LogP contribution in [0.2, 0.25) is 0 Å². The lowest BCUT2D eigenvalue weighted by molar-refractivity contribution is 0.610. The van der Waals surface area contributed by atoms with Crippen LogP contribution in [0.4, 0.5) is 4.39 Å². The molecule has 0 spiro atoms. The molecule has 1 nitrogen and oxygen atoms in total. The van der Waals surface area contributed by atoms with Crippen molar-refractivity contribution in [2.45, 2.75) is 17.4 Å².